The monoisotopic (exact) mass is 941 g/mol. The standard InChI is InChI=1S/C72H47NO/c1-71(2)61-24-10-7-20-54(61)56-37-35-51(43-64(56)71)73(50-33-29-45(30-34-50)53-23-13-18-44-15-5-6-19-52(44)53)67-27-14-26-63-70(67)58-36-31-49(48-32-38-69-60(40-48)57-22-9-12-28-68(57)74-69)42-65(58)72(63)62-25-11-8-21-55(62)59-39-46-16-3-4-17-47(46)41-66(59)72/h3-43H,1-2H3. The molecule has 0 aliphatic heterocycles. The third-order valence-corrected chi connectivity index (χ3v) is 17.1. The second kappa shape index (κ2) is 15.1. The molecule has 0 saturated carbocycles. The molecule has 3 aliphatic carbocycles. The van der Waals surface area contributed by atoms with Gasteiger partial charge in [-0.2, -0.15) is 0 Å². The molecule has 74 heavy (non-hydrogen) atoms. The van der Waals surface area contributed by atoms with E-state index in [1.165, 1.54) is 105 Å². The maximum absolute atomic E-state index is 6.35. The lowest BCUT2D eigenvalue weighted by atomic mass is 9.70. The molecule has 1 atom stereocenters. The van der Waals surface area contributed by atoms with Gasteiger partial charge in [0.1, 0.15) is 11.2 Å². The van der Waals surface area contributed by atoms with Gasteiger partial charge < -0.3 is 9.32 Å². The van der Waals surface area contributed by atoms with Crippen LogP contribution in [0.2, 0.25) is 0 Å². The van der Waals surface area contributed by atoms with Crippen molar-refractivity contribution in [1.82, 2.24) is 0 Å². The third-order valence-electron chi connectivity index (χ3n) is 17.1. The average molecular weight is 942 g/mol. The van der Waals surface area contributed by atoms with Gasteiger partial charge in [0.05, 0.1) is 11.1 Å². The maximum atomic E-state index is 6.35. The van der Waals surface area contributed by atoms with Gasteiger partial charge >= 0.3 is 0 Å². The summed E-state index contributed by atoms with van der Waals surface area (Å²) in [6.07, 6.45) is 0. The van der Waals surface area contributed by atoms with E-state index in [0.717, 1.165) is 44.6 Å². The Morgan fingerprint density at radius 1 is 0.311 bits per heavy atom. The molecule has 1 heterocycles. The molecule has 1 unspecified atom stereocenters. The third kappa shape index (κ3) is 5.60. The molecule has 346 valence electrons. The molecule has 0 bridgehead atoms. The van der Waals surface area contributed by atoms with Gasteiger partial charge in [-0.05, 0) is 172 Å². The van der Waals surface area contributed by atoms with E-state index in [0.29, 0.717) is 0 Å². The fourth-order valence-corrected chi connectivity index (χ4v) is 13.7. The van der Waals surface area contributed by atoms with Crippen LogP contribution in [0.5, 0.6) is 0 Å². The smallest absolute Gasteiger partial charge is 0.135 e. The summed E-state index contributed by atoms with van der Waals surface area (Å²) in [7, 11) is 0. The highest BCUT2D eigenvalue weighted by Gasteiger charge is 2.53. The Bertz CT molecular complexity index is 4530. The summed E-state index contributed by atoms with van der Waals surface area (Å²) in [6, 6.07) is 93.2. The Labute approximate surface area is 430 Å². The van der Waals surface area contributed by atoms with Gasteiger partial charge in [0.25, 0.3) is 0 Å². The van der Waals surface area contributed by atoms with E-state index in [4.69, 9.17) is 4.42 Å². The summed E-state index contributed by atoms with van der Waals surface area (Å²) in [5.41, 5.74) is 24.9. The van der Waals surface area contributed by atoms with Gasteiger partial charge in [-0.15, -0.1) is 0 Å². The Morgan fingerprint density at radius 3 is 1.73 bits per heavy atom. The molecule has 0 N–H and O–H groups in total. The van der Waals surface area contributed by atoms with Gasteiger partial charge in [-0.25, -0.2) is 0 Å². The van der Waals surface area contributed by atoms with E-state index in [9.17, 15) is 0 Å². The molecule has 1 aromatic heterocycles. The van der Waals surface area contributed by atoms with Crippen molar-refractivity contribution in [3.63, 3.8) is 0 Å². The summed E-state index contributed by atoms with van der Waals surface area (Å²) in [5.74, 6) is 0. The lowest BCUT2D eigenvalue weighted by molar-refractivity contribution is 0.660. The molecule has 2 nitrogen and oxygen atoms in total. The molecule has 16 rings (SSSR count). The molecular weight excluding hydrogens is 895 g/mol. The van der Waals surface area contributed by atoms with Crippen molar-refractivity contribution in [2.45, 2.75) is 24.7 Å². The number of benzene rings is 12. The highest BCUT2D eigenvalue weighted by Crippen LogP contribution is 2.66. The van der Waals surface area contributed by atoms with Gasteiger partial charge in [0.15, 0.2) is 0 Å². The molecule has 3 aliphatic rings. The van der Waals surface area contributed by atoms with Crippen molar-refractivity contribution in [2.24, 2.45) is 0 Å². The van der Waals surface area contributed by atoms with E-state index < -0.39 is 5.41 Å². The van der Waals surface area contributed by atoms with Crippen molar-refractivity contribution in [2.75, 3.05) is 4.90 Å². The zero-order valence-corrected chi connectivity index (χ0v) is 41.0. The first-order valence-corrected chi connectivity index (χ1v) is 25.9. The van der Waals surface area contributed by atoms with Crippen molar-refractivity contribution >= 4 is 60.5 Å². The van der Waals surface area contributed by atoms with Crippen LogP contribution in [0.1, 0.15) is 47.2 Å². The average Bonchev–Trinajstić information content (AvgIpc) is 4.17. The first-order chi connectivity index (χ1) is 36.4. The predicted molar refractivity (Wildman–Crippen MR) is 308 cm³/mol. The molecule has 12 aromatic carbocycles. The summed E-state index contributed by atoms with van der Waals surface area (Å²) >= 11 is 0. The summed E-state index contributed by atoms with van der Waals surface area (Å²) in [6.45, 7) is 4.77. The number of hydrogen-bond acceptors (Lipinski definition) is 2. The molecule has 1 spiro atoms. The van der Waals surface area contributed by atoms with Gasteiger partial charge in [-0.1, -0.05) is 196 Å². The Balaban J connectivity index is 0.969. The van der Waals surface area contributed by atoms with Crippen molar-refractivity contribution in [3.8, 4) is 55.6 Å². The molecular formula is C72H47NO. The van der Waals surface area contributed by atoms with Crippen molar-refractivity contribution < 1.29 is 4.42 Å². The van der Waals surface area contributed by atoms with Crippen molar-refractivity contribution in [1.29, 1.82) is 0 Å². The first-order valence-electron chi connectivity index (χ1n) is 25.9. The minimum atomic E-state index is -0.607. The molecule has 0 amide bonds. The van der Waals surface area contributed by atoms with Crippen LogP contribution >= 0.6 is 0 Å². The summed E-state index contributed by atoms with van der Waals surface area (Å²) in [4.78, 5) is 2.54. The maximum Gasteiger partial charge on any atom is 0.135 e. The highest BCUT2D eigenvalue weighted by atomic mass is 16.3. The largest absolute Gasteiger partial charge is 0.456 e. The zero-order valence-electron chi connectivity index (χ0n) is 41.0. The lowest BCUT2D eigenvalue weighted by Gasteiger charge is -2.32. The SMILES string of the molecule is CC1(C)c2ccccc2-c2ccc(N(c3ccc(-c4cccc5ccccc45)cc3)c3cccc4c3-c3ccc(-c5ccc6oc7ccccc7c6c5)cc3C43c4ccccc4-c4cc5ccccc5cc43)cc21. The zero-order chi connectivity index (χ0) is 48.9. The number of anilines is 3. The van der Waals surface area contributed by atoms with E-state index in [1.54, 1.807) is 0 Å². The fourth-order valence-electron chi connectivity index (χ4n) is 13.7. The first kappa shape index (κ1) is 41.4. The number of nitrogens with zero attached hydrogens (tertiary/aromatic N) is 1. The van der Waals surface area contributed by atoms with Crippen LogP contribution in [0.3, 0.4) is 0 Å². The lowest BCUT2D eigenvalue weighted by Crippen LogP contribution is -2.26. The van der Waals surface area contributed by atoms with Crippen LogP contribution in [-0.2, 0) is 10.8 Å². The molecule has 0 fully saturated rings. The van der Waals surface area contributed by atoms with Crippen LogP contribution < -0.4 is 4.90 Å². The van der Waals surface area contributed by atoms with Gasteiger partial charge in [0.2, 0.25) is 0 Å². The molecule has 0 radical (unpaired) electrons. The van der Waals surface area contributed by atoms with Gasteiger partial charge in [0, 0.05) is 33.1 Å². The Hall–Kier alpha value is -9.24. The summed E-state index contributed by atoms with van der Waals surface area (Å²) < 4.78 is 6.35. The quantitative estimate of drug-likeness (QED) is 0.171. The topological polar surface area (TPSA) is 16.4 Å². The van der Waals surface area contributed by atoms with E-state index in [2.05, 4.69) is 261 Å². The predicted octanol–water partition coefficient (Wildman–Crippen LogP) is 19.3. The molecule has 2 heteroatoms. The Kier molecular flexibility index (Phi) is 8.47. The van der Waals surface area contributed by atoms with Crippen LogP contribution in [0.25, 0.3) is 99.1 Å². The Morgan fingerprint density at radius 2 is 0.878 bits per heavy atom. The van der Waals surface area contributed by atoms with Crippen LogP contribution in [0.4, 0.5) is 17.1 Å². The number of rotatable bonds is 5. The number of furan rings is 1. The highest BCUT2D eigenvalue weighted by molar-refractivity contribution is 6.08. The normalized spacial score (nSPS) is 15.3. The number of hydrogen-bond donors (Lipinski definition) is 0. The van der Waals surface area contributed by atoms with E-state index in [1.807, 2.05) is 6.07 Å². The second-order valence-corrected chi connectivity index (χ2v) is 21.1. The second-order valence-electron chi connectivity index (χ2n) is 21.1. The van der Waals surface area contributed by atoms with Crippen LogP contribution in [0.15, 0.2) is 253 Å². The minimum absolute atomic E-state index is 0.177. The molecule has 0 saturated heterocycles. The van der Waals surface area contributed by atoms with Gasteiger partial charge in [-0.3, -0.25) is 0 Å². The van der Waals surface area contributed by atoms with Crippen LogP contribution in [-0.4, -0.2) is 0 Å². The summed E-state index contributed by atoms with van der Waals surface area (Å²) in [5, 5.41) is 7.25. The van der Waals surface area contributed by atoms with E-state index in [-0.39, 0.29) is 5.41 Å². The minimum Gasteiger partial charge on any atom is -0.456 e. The fraction of sp³-hybridized carbons (Fsp3) is 0.0556. The molecule has 13 aromatic rings. The van der Waals surface area contributed by atoms with E-state index >= 15 is 0 Å². The number of para-hydroxylation sites is 1. The van der Waals surface area contributed by atoms with Crippen molar-refractivity contribution in [3.05, 3.63) is 282 Å². The van der Waals surface area contributed by atoms with Crippen LogP contribution in [0, 0.1) is 0 Å². The number of fused-ring (bicyclic) bond motifs is 18.